The molecular weight excluding hydrogens is 300 g/mol. The monoisotopic (exact) mass is 340 g/mol. The molecule has 0 aliphatic carbocycles. The Labute approximate surface area is 149 Å². The summed E-state index contributed by atoms with van der Waals surface area (Å²) in [7, 11) is 4.49. The number of hydrogen-bond acceptors (Lipinski definition) is 5. The van der Waals surface area contributed by atoms with E-state index in [1.54, 1.807) is 0 Å². The fourth-order valence-electron chi connectivity index (χ4n) is 3.38. The first-order valence-electron chi connectivity index (χ1n) is 9.66. The Morgan fingerprint density at radius 2 is 1.79 bits per heavy atom. The Kier molecular flexibility index (Phi) is 7.09. The molecule has 0 radical (unpaired) electrons. The van der Waals surface area contributed by atoms with Crippen LogP contribution in [-0.4, -0.2) is 110 Å². The molecule has 1 unspecified atom stereocenters. The highest BCUT2D eigenvalue weighted by Gasteiger charge is 2.33. The minimum Gasteiger partial charge on any atom is -0.374 e. The Balaban J connectivity index is 1.69. The summed E-state index contributed by atoms with van der Waals surface area (Å²) in [6.07, 6.45) is 0.358. The third-order valence-electron chi connectivity index (χ3n) is 5.86. The van der Waals surface area contributed by atoms with Crippen LogP contribution in [0.1, 0.15) is 34.6 Å². The van der Waals surface area contributed by atoms with Crippen molar-refractivity contribution in [1.82, 2.24) is 19.6 Å². The van der Waals surface area contributed by atoms with E-state index in [4.69, 9.17) is 4.74 Å². The summed E-state index contributed by atoms with van der Waals surface area (Å²) in [6.45, 7) is 20.2. The number of rotatable bonds is 7. The van der Waals surface area contributed by atoms with Gasteiger partial charge in [-0.25, -0.2) is 0 Å². The Morgan fingerprint density at radius 3 is 2.38 bits per heavy atom. The highest BCUT2D eigenvalue weighted by Crippen LogP contribution is 2.18. The molecule has 2 fully saturated rings. The molecule has 24 heavy (non-hydrogen) atoms. The predicted octanol–water partition coefficient (Wildman–Crippen LogP) is 1.44. The first-order chi connectivity index (χ1) is 11.2. The molecule has 2 heterocycles. The van der Waals surface area contributed by atoms with E-state index in [2.05, 4.69) is 68.3 Å². The Hall–Kier alpha value is -0.200. The molecule has 2 aliphatic rings. The highest BCUT2D eigenvalue weighted by molar-refractivity contribution is 4.90. The molecule has 0 aromatic heterocycles. The van der Waals surface area contributed by atoms with Crippen LogP contribution in [0.3, 0.4) is 0 Å². The molecular formula is C19H40N4O. The minimum absolute atomic E-state index is 0.248. The minimum atomic E-state index is 0.248. The van der Waals surface area contributed by atoms with Gasteiger partial charge >= 0.3 is 0 Å². The van der Waals surface area contributed by atoms with Crippen molar-refractivity contribution in [2.75, 3.05) is 66.5 Å². The van der Waals surface area contributed by atoms with Gasteiger partial charge in [0.05, 0.1) is 12.7 Å². The molecule has 0 aromatic rings. The van der Waals surface area contributed by atoms with Crippen molar-refractivity contribution in [2.24, 2.45) is 0 Å². The van der Waals surface area contributed by atoms with Gasteiger partial charge in [-0.2, -0.15) is 0 Å². The van der Waals surface area contributed by atoms with Gasteiger partial charge in [0.25, 0.3) is 0 Å². The number of likely N-dealkylation sites (tertiary alicyclic amines) is 1. The Bertz CT molecular complexity index is 376. The highest BCUT2D eigenvalue weighted by atomic mass is 16.5. The van der Waals surface area contributed by atoms with Gasteiger partial charge in [0.15, 0.2) is 0 Å². The molecule has 2 saturated heterocycles. The van der Waals surface area contributed by atoms with E-state index in [0.717, 1.165) is 39.3 Å². The van der Waals surface area contributed by atoms with Crippen molar-refractivity contribution in [3.05, 3.63) is 0 Å². The number of hydrogen-bond donors (Lipinski definition) is 0. The van der Waals surface area contributed by atoms with Crippen LogP contribution >= 0.6 is 0 Å². The molecule has 5 heteroatoms. The molecule has 0 amide bonds. The third-order valence-corrected chi connectivity index (χ3v) is 5.86. The lowest BCUT2D eigenvalue weighted by molar-refractivity contribution is -0.0611. The molecule has 142 valence electrons. The predicted molar refractivity (Wildman–Crippen MR) is 102 cm³/mol. The zero-order valence-electron chi connectivity index (χ0n) is 17.1. The van der Waals surface area contributed by atoms with E-state index < -0.39 is 0 Å². The van der Waals surface area contributed by atoms with Crippen molar-refractivity contribution in [3.8, 4) is 0 Å². The molecule has 0 saturated carbocycles. The van der Waals surface area contributed by atoms with Gasteiger partial charge in [0.1, 0.15) is 0 Å². The van der Waals surface area contributed by atoms with Crippen LogP contribution in [0.15, 0.2) is 0 Å². The van der Waals surface area contributed by atoms with E-state index in [0.29, 0.717) is 18.2 Å². The van der Waals surface area contributed by atoms with Crippen molar-refractivity contribution < 1.29 is 4.74 Å². The van der Waals surface area contributed by atoms with E-state index in [-0.39, 0.29) is 5.54 Å². The summed E-state index contributed by atoms with van der Waals surface area (Å²) in [5, 5.41) is 0. The SMILES string of the molecule is CC(C)N1CC(N(C)CC2CN(CCN(C)C(C)(C)C)CCO2)C1. The van der Waals surface area contributed by atoms with Crippen LogP contribution in [0.25, 0.3) is 0 Å². The van der Waals surface area contributed by atoms with Gasteiger partial charge in [-0.05, 0) is 48.7 Å². The summed E-state index contributed by atoms with van der Waals surface area (Å²) in [5.41, 5.74) is 0.248. The van der Waals surface area contributed by atoms with Crippen LogP contribution in [0.5, 0.6) is 0 Å². The van der Waals surface area contributed by atoms with Crippen LogP contribution in [0, 0.1) is 0 Å². The summed E-state index contributed by atoms with van der Waals surface area (Å²) < 4.78 is 6.04. The number of likely N-dealkylation sites (N-methyl/N-ethyl adjacent to an activating group) is 2. The van der Waals surface area contributed by atoms with Crippen molar-refractivity contribution in [1.29, 1.82) is 0 Å². The molecule has 0 bridgehead atoms. The largest absolute Gasteiger partial charge is 0.374 e. The average Bonchev–Trinajstić information content (AvgIpc) is 2.42. The van der Waals surface area contributed by atoms with E-state index >= 15 is 0 Å². The smallest absolute Gasteiger partial charge is 0.0829 e. The quantitative estimate of drug-likeness (QED) is 0.697. The van der Waals surface area contributed by atoms with E-state index in [1.165, 1.54) is 13.1 Å². The lowest BCUT2D eigenvalue weighted by atomic mass is 10.0. The zero-order chi connectivity index (χ0) is 17.9. The van der Waals surface area contributed by atoms with Gasteiger partial charge in [-0.3, -0.25) is 14.7 Å². The lowest BCUT2D eigenvalue weighted by Crippen LogP contribution is -2.62. The van der Waals surface area contributed by atoms with Crippen molar-refractivity contribution in [3.63, 3.8) is 0 Å². The number of ether oxygens (including phenoxy) is 1. The molecule has 0 aromatic carbocycles. The second-order valence-electron chi connectivity index (χ2n) is 9.03. The van der Waals surface area contributed by atoms with Crippen LogP contribution in [0.2, 0.25) is 0 Å². The maximum Gasteiger partial charge on any atom is 0.0829 e. The summed E-state index contributed by atoms with van der Waals surface area (Å²) in [4.78, 5) is 10.1. The molecule has 1 atom stereocenters. The standard InChI is InChI=1S/C19H40N4O/c1-16(2)23-12-17(13-23)20(6)14-18-15-22(10-11-24-18)9-8-21(7)19(3,4)5/h16-18H,8-15H2,1-7H3. The van der Waals surface area contributed by atoms with Crippen LogP contribution < -0.4 is 0 Å². The van der Waals surface area contributed by atoms with Crippen molar-refractivity contribution in [2.45, 2.75) is 58.3 Å². The van der Waals surface area contributed by atoms with E-state index in [1.807, 2.05) is 0 Å². The first-order valence-corrected chi connectivity index (χ1v) is 9.66. The van der Waals surface area contributed by atoms with Gasteiger partial charge in [0.2, 0.25) is 0 Å². The zero-order valence-corrected chi connectivity index (χ0v) is 17.1. The maximum absolute atomic E-state index is 6.04. The fraction of sp³-hybridized carbons (Fsp3) is 1.00. The maximum atomic E-state index is 6.04. The second-order valence-corrected chi connectivity index (χ2v) is 9.03. The molecule has 0 N–H and O–H groups in total. The molecule has 5 nitrogen and oxygen atoms in total. The van der Waals surface area contributed by atoms with Gasteiger partial charge in [0, 0.05) is 63.4 Å². The number of nitrogens with zero attached hydrogens (tertiary/aromatic N) is 4. The topological polar surface area (TPSA) is 22.2 Å². The van der Waals surface area contributed by atoms with Crippen LogP contribution in [0.4, 0.5) is 0 Å². The molecule has 0 spiro atoms. The third kappa shape index (κ3) is 5.67. The van der Waals surface area contributed by atoms with Gasteiger partial charge < -0.3 is 9.64 Å². The second kappa shape index (κ2) is 8.45. The van der Waals surface area contributed by atoms with Crippen LogP contribution in [-0.2, 0) is 4.74 Å². The van der Waals surface area contributed by atoms with E-state index in [9.17, 15) is 0 Å². The fourth-order valence-corrected chi connectivity index (χ4v) is 3.38. The summed E-state index contributed by atoms with van der Waals surface area (Å²) >= 11 is 0. The van der Waals surface area contributed by atoms with Gasteiger partial charge in [-0.15, -0.1) is 0 Å². The normalized spacial score (nSPS) is 25.0. The Morgan fingerprint density at radius 1 is 1.12 bits per heavy atom. The van der Waals surface area contributed by atoms with Crippen molar-refractivity contribution >= 4 is 0 Å². The lowest BCUT2D eigenvalue weighted by Gasteiger charge is -2.47. The summed E-state index contributed by atoms with van der Waals surface area (Å²) in [5.74, 6) is 0. The first kappa shape index (κ1) is 20.1. The molecule has 2 rings (SSSR count). The average molecular weight is 341 g/mol. The number of morpholine rings is 1. The summed E-state index contributed by atoms with van der Waals surface area (Å²) in [6, 6.07) is 1.38. The van der Waals surface area contributed by atoms with Gasteiger partial charge in [-0.1, -0.05) is 0 Å². The molecule has 2 aliphatic heterocycles.